The van der Waals surface area contributed by atoms with Gasteiger partial charge in [-0.05, 0) is 12.8 Å². The molecule has 0 amide bonds. The summed E-state index contributed by atoms with van der Waals surface area (Å²) in [5.74, 6) is 5.46. The SMILES string of the molecule is CCC/C(=C\N(C)N)CC. The highest BCUT2D eigenvalue weighted by atomic mass is 15.4. The lowest BCUT2D eigenvalue weighted by Crippen LogP contribution is -2.19. The number of nitrogens with two attached hydrogens (primary N) is 1. The summed E-state index contributed by atoms with van der Waals surface area (Å²) in [7, 11) is 1.85. The molecule has 0 atom stereocenters. The van der Waals surface area contributed by atoms with Crippen molar-refractivity contribution in [1.29, 1.82) is 0 Å². The first-order chi connectivity index (χ1) is 4.70. The monoisotopic (exact) mass is 142 g/mol. The summed E-state index contributed by atoms with van der Waals surface area (Å²) in [4.78, 5) is 0. The zero-order chi connectivity index (χ0) is 7.98. The molecule has 0 aromatic heterocycles. The average Bonchev–Trinajstić information content (AvgIpc) is 1.86. The Kier molecular flexibility index (Phi) is 5.03. The first-order valence-corrected chi connectivity index (χ1v) is 3.87. The van der Waals surface area contributed by atoms with Crippen LogP contribution >= 0.6 is 0 Å². The molecule has 10 heavy (non-hydrogen) atoms. The number of hydrogen-bond donors (Lipinski definition) is 1. The Hall–Kier alpha value is -0.500. The van der Waals surface area contributed by atoms with Crippen LogP contribution in [-0.2, 0) is 0 Å². The smallest absolute Gasteiger partial charge is 0.0222 e. The van der Waals surface area contributed by atoms with Gasteiger partial charge in [0.15, 0.2) is 0 Å². The molecular weight excluding hydrogens is 124 g/mol. The zero-order valence-corrected chi connectivity index (χ0v) is 7.22. The molecule has 2 nitrogen and oxygen atoms in total. The maximum atomic E-state index is 5.46. The second-order valence-electron chi connectivity index (χ2n) is 2.56. The fourth-order valence-electron chi connectivity index (χ4n) is 0.942. The van der Waals surface area contributed by atoms with E-state index in [1.165, 1.54) is 12.0 Å². The molecule has 0 unspecified atom stereocenters. The Bertz CT molecular complexity index is 106. The molecule has 0 bridgehead atoms. The normalized spacial score (nSPS) is 11.8. The summed E-state index contributed by atoms with van der Waals surface area (Å²) < 4.78 is 0. The molecule has 0 radical (unpaired) electrons. The first kappa shape index (κ1) is 9.50. The molecule has 0 rings (SSSR count). The van der Waals surface area contributed by atoms with E-state index < -0.39 is 0 Å². The molecule has 0 aromatic carbocycles. The van der Waals surface area contributed by atoms with E-state index in [2.05, 4.69) is 13.8 Å². The minimum atomic E-state index is 1.11. The molecule has 2 heteroatoms. The van der Waals surface area contributed by atoms with Crippen LogP contribution in [0.1, 0.15) is 33.1 Å². The summed E-state index contributed by atoms with van der Waals surface area (Å²) in [5.41, 5.74) is 1.42. The number of nitrogens with zero attached hydrogens (tertiary/aromatic N) is 1. The molecule has 0 saturated carbocycles. The van der Waals surface area contributed by atoms with Crippen molar-refractivity contribution < 1.29 is 0 Å². The van der Waals surface area contributed by atoms with Crippen molar-refractivity contribution in [2.45, 2.75) is 33.1 Å². The second-order valence-corrected chi connectivity index (χ2v) is 2.56. The van der Waals surface area contributed by atoms with Gasteiger partial charge in [0, 0.05) is 13.2 Å². The predicted molar refractivity (Wildman–Crippen MR) is 45.2 cm³/mol. The first-order valence-electron chi connectivity index (χ1n) is 3.87. The Balaban J connectivity index is 3.78. The van der Waals surface area contributed by atoms with Gasteiger partial charge in [-0.25, -0.2) is 5.84 Å². The largest absolute Gasteiger partial charge is 0.321 e. The maximum absolute atomic E-state index is 5.46. The van der Waals surface area contributed by atoms with Gasteiger partial charge in [0.25, 0.3) is 0 Å². The fourth-order valence-corrected chi connectivity index (χ4v) is 0.942. The zero-order valence-electron chi connectivity index (χ0n) is 7.22. The predicted octanol–water partition coefficient (Wildman–Crippen LogP) is 1.89. The van der Waals surface area contributed by atoms with E-state index in [-0.39, 0.29) is 0 Å². The van der Waals surface area contributed by atoms with Crippen molar-refractivity contribution in [3.63, 3.8) is 0 Å². The minimum absolute atomic E-state index is 1.11. The highest BCUT2D eigenvalue weighted by Crippen LogP contribution is 2.08. The van der Waals surface area contributed by atoms with Gasteiger partial charge in [0.1, 0.15) is 0 Å². The van der Waals surface area contributed by atoms with Gasteiger partial charge >= 0.3 is 0 Å². The van der Waals surface area contributed by atoms with E-state index >= 15 is 0 Å². The van der Waals surface area contributed by atoms with Crippen LogP contribution in [0.3, 0.4) is 0 Å². The van der Waals surface area contributed by atoms with E-state index in [1.807, 2.05) is 13.2 Å². The van der Waals surface area contributed by atoms with E-state index in [0.717, 1.165) is 12.8 Å². The lowest BCUT2D eigenvalue weighted by atomic mass is 10.1. The molecule has 0 aliphatic rings. The molecule has 0 aliphatic heterocycles. The molecule has 60 valence electrons. The Morgan fingerprint density at radius 2 is 2.10 bits per heavy atom. The summed E-state index contributed by atoms with van der Waals surface area (Å²) in [6, 6.07) is 0. The summed E-state index contributed by atoms with van der Waals surface area (Å²) >= 11 is 0. The standard InChI is InChI=1S/C8H18N2/c1-4-6-8(5-2)7-10(3)9/h7H,4-6,9H2,1-3H3/b8-7-. The highest BCUT2D eigenvalue weighted by molar-refractivity contribution is 4.98. The van der Waals surface area contributed by atoms with Crippen LogP contribution in [0.15, 0.2) is 11.8 Å². The summed E-state index contributed by atoms with van der Waals surface area (Å²) in [6.07, 6.45) is 5.48. The van der Waals surface area contributed by atoms with Crippen LogP contribution in [0.2, 0.25) is 0 Å². The van der Waals surface area contributed by atoms with E-state index in [4.69, 9.17) is 5.84 Å². The quantitative estimate of drug-likeness (QED) is 0.479. The Morgan fingerprint density at radius 3 is 2.40 bits per heavy atom. The summed E-state index contributed by atoms with van der Waals surface area (Å²) in [6.45, 7) is 4.34. The lowest BCUT2D eigenvalue weighted by Gasteiger charge is -2.08. The third-order valence-electron chi connectivity index (χ3n) is 1.41. The van der Waals surface area contributed by atoms with Crippen molar-refractivity contribution in [2.24, 2.45) is 5.84 Å². The number of allylic oxidation sites excluding steroid dienone is 1. The molecule has 0 saturated heterocycles. The van der Waals surface area contributed by atoms with Crippen molar-refractivity contribution >= 4 is 0 Å². The van der Waals surface area contributed by atoms with Gasteiger partial charge in [-0.2, -0.15) is 0 Å². The van der Waals surface area contributed by atoms with Crippen LogP contribution in [-0.4, -0.2) is 12.1 Å². The molecule has 0 fully saturated rings. The van der Waals surface area contributed by atoms with Gasteiger partial charge in [0.2, 0.25) is 0 Å². The fraction of sp³-hybridized carbons (Fsp3) is 0.750. The van der Waals surface area contributed by atoms with E-state index in [0.29, 0.717) is 0 Å². The highest BCUT2D eigenvalue weighted by Gasteiger charge is 1.91. The van der Waals surface area contributed by atoms with Crippen molar-refractivity contribution in [1.82, 2.24) is 5.01 Å². The van der Waals surface area contributed by atoms with Crippen molar-refractivity contribution in [3.8, 4) is 0 Å². The molecular formula is C8H18N2. The minimum Gasteiger partial charge on any atom is -0.321 e. The molecule has 2 N–H and O–H groups in total. The van der Waals surface area contributed by atoms with Gasteiger partial charge in [-0.1, -0.05) is 25.8 Å². The number of hydrazine groups is 1. The van der Waals surface area contributed by atoms with Gasteiger partial charge < -0.3 is 5.01 Å². The van der Waals surface area contributed by atoms with Crippen molar-refractivity contribution in [3.05, 3.63) is 11.8 Å². The lowest BCUT2D eigenvalue weighted by molar-refractivity contribution is 0.476. The van der Waals surface area contributed by atoms with Crippen LogP contribution in [0, 0.1) is 0 Å². The van der Waals surface area contributed by atoms with E-state index in [1.54, 1.807) is 5.01 Å². The topological polar surface area (TPSA) is 29.3 Å². The van der Waals surface area contributed by atoms with Gasteiger partial charge in [0.05, 0.1) is 0 Å². The van der Waals surface area contributed by atoms with Crippen LogP contribution in [0.4, 0.5) is 0 Å². The third-order valence-corrected chi connectivity index (χ3v) is 1.41. The summed E-state index contributed by atoms with van der Waals surface area (Å²) in [5, 5.41) is 1.62. The maximum Gasteiger partial charge on any atom is 0.0222 e. The van der Waals surface area contributed by atoms with Crippen LogP contribution in [0.5, 0.6) is 0 Å². The second kappa shape index (κ2) is 5.30. The van der Waals surface area contributed by atoms with E-state index in [9.17, 15) is 0 Å². The number of hydrogen-bond acceptors (Lipinski definition) is 2. The van der Waals surface area contributed by atoms with Crippen LogP contribution < -0.4 is 5.84 Å². The molecule has 0 heterocycles. The average molecular weight is 142 g/mol. The van der Waals surface area contributed by atoms with Gasteiger partial charge in [-0.3, -0.25) is 0 Å². The van der Waals surface area contributed by atoms with Gasteiger partial charge in [-0.15, -0.1) is 0 Å². The molecule has 0 aliphatic carbocycles. The third kappa shape index (κ3) is 4.39. The number of rotatable bonds is 4. The molecule has 0 spiro atoms. The van der Waals surface area contributed by atoms with Crippen molar-refractivity contribution in [2.75, 3.05) is 7.05 Å². The molecule has 0 aromatic rings. The Morgan fingerprint density at radius 1 is 1.50 bits per heavy atom. The van der Waals surface area contributed by atoms with Crippen LogP contribution in [0.25, 0.3) is 0 Å². The Labute approximate surface area is 63.7 Å².